The molecule has 0 aromatic carbocycles. The summed E-state index contributed by atoms with van der Waals surface area (Å²) < 4.78 is 4.98. The zero-order chi connectivity index (χ0) is 9.66. The third-order valence-electron chi connectivity index (χ3n) is 1.66. The van der Waals surface area contributed by atoms with Crippen molar-refractivity contribution >= 4 is 10.5 Å². The van der Waals surface area contributed by atoms with Gasteiger partial charge < -0.3 is 4.43 Å². The highest BCUT2D eigenvalue weighted by Gasteiger charge is 1.79. The van der Waals surface area contributed by atoms with Gasteiger partial charge in [0.15, 0.2) is 0 Å². The Morgan fingerprint density at radius 3 is 1.58 bits per heavy atom. The molecule has 0 atom stereocenters. The summed E-state index contributed by atoms with van der Waals surface area (Å²) in [6.07, 6.45) is 7.94. The summed E-state index contributed by atoms with van der Waals surface area (Å²) in [5.41, 5.74) is 0. The van der Waals surface area contributed by atoms with Gasteiger partial charge in [-0.05, 0) is 6.42 Å². The van der Waals surface area contributed by atoms with E-state index in [1.807, 2.05) is 0 Å². The van der Waals surface area contributed by atoms with E-state index in [0.717, 1.165) is 17.1 Å². The zero-order valence-corrected chi connectivity index (χ0v) is 11.4. The molecule has 0 fully saturated rings. The van der Waals surface area contributed by atoms with Crippen molar-refractivity contribution in [2.75, 3.05) is 6.61 Å². The lowest BCUT2D eigenvalue weighted by molar-refractivity contribution is 0.335. The van der Waals surface area contributed by atoms with Gasteiger partial charge in [-0.25, -0.2) is 0 Å². The fraction of sp³-hybridized carbons (Fsp3) is 1.00. The zero-order valence-electron chi connectivity index (χ0n) is 9.36. The van der Waals surface area contributed by atoms with Gasteiger partial charge in [0.05, 0.1) is 0 Å². The molecule has 0 unspecified atom stereocenters. The fourth-order valence-corrected chi connectivity index (χ4v) is 1.14. The van der Waals surface area contributed by atoms with Gasteiger partial charge in [0, 0.05) is 6.61 Å². The lowest BCUT2D eigenvalue weighted by atomic mass is 10.3. The summed E-state index contributed by atoms with van der Waals surface area (Å²) in [6, 6.07) is 0. The number of unbranched alkanes of at least 4 members (excludes halogenated alkanes) is 4. The first kappa shape index (κ1) is 14.7. The van der Waals surface area contributed by atoms with Crippen LogP contribution in [0.3, 0.4) is 0 Å². The van der Waals surface area contributed by atoms with Crippen molar-refractivity contribution in [1.29, 1.82) is 0 Å². The molecule has 0 aromatic rings. The predicted molar refractivity (Wildman–Crippen MR) is 60.6 cm³/mol. The second-order valence-electron chi connectivity index (χ2n) is 3.05. The van der Waals surface area contributed by atoms with Gasteiger partial charge in [0.25, 0.3) is 0 Å². The highest BCUT2D eigenvalue weighted by molar-refractivity contribution is 5.97. The molecule has 2 heteroatoms. The standard InChI is InChI=1S/C5H14OSi.C5H12/c1-2-3-4-5-6-7;1-3-5-4-2/h2-5H2,1,7H3;3-5H2,1-2H3. The minimum absolute atomic E-state index is 0.906. The van der Waals surface area contributed by atoms with E-state index in [1.54, 1.807) is 0 Å². The van der Waals surface area contributed by atoms with E-state index in [2.05, 4.69) is 20.8 Å². The molecule has 0 aromatic heterocycles. The Hall–Kier alpha value is 0.177. The maximum Gasteiger partial charge on any atom is 0.145 e. The Morgan fingerprint density at radius 1 is 0.833 bits per heavy atom. The van der Waals surface area contributed by atoms with Crippen molar-refractivity contribution in [2.24, 2.45) is 0 Å². The second-order valence-corrected chi connectivity index (χ2v) is 3.63. The van der Waals surface area contributed by atoms with E-state index >= 15 is 0 Å². The first-order valence-electron chi connectivity index (χ1n) is 5.32. The monoisotopic (exact) mass is 190 g/mol. The molecule has 76 valence electrons. The first-order valence-corrected chi connectivity index (χ1v) is 6.13. The van der Waals surface area contributed by atoms with Gasteiger partial charge in [0.2, 0.25) is 0 Å². The summed E-state index contributed by atoms with van der Waals surface area (Å²) in [6.45, 7) is 7.61. The molecule has 0 radical (unpaired) electrons. The molecule has 0 N–H and O–H groups in total. The molecular formula is C10H26OSi. The van der Waals surface area contributed by atoms with E-state index in [9.17, 15) is 0 Å². The summed E-state index contributed by atoms with van der Waals surface area (Å²) in [5.74, 6) is 0. The minimum Gasteiger partial charge on any atom is -0.428 e. The molecule has 0 spiro atoms. The molecule has 0 amide bonds. The molecule has 0 heterocycles. The van der Waals surface area contributed by atoms with Crippen molar-refractivity contribution in [3.8, 4) is 0 Å². The van der Waals surface area contributed by atoms with Crippen molar-refractivity contribution in [3.05, 3.63) is 0 Å². The van der Waals surface area contributed by atoms with Gasteiger partial charge in [0.1, 0.15) is 10.5 Å². The van der Waals surface area contributed by atoms with Crippen LogP contribution in [0.4, 0.5) is 0 Å². The maximum absolute atomic E-state index is 4.98. The second kappa shape index (κ2) is 17.3. The Bertz CT molecular complexity index is 51.8. The smallest absolute Gasteiger partial charge is 0.145 e. The maximum atomic E-state index is 4.98. The van der Waals surface area contributed by atoms with Gasteiger partial charge in [-0.15, -0.1) is 0 Å². The van der Waals surface area contributed by atoms with Crippen molar-refractivity contribution in [1.82, 2.24) is 0 Å². The van der Waals surface area contributed by atoms with Crippen LogP contribution in [0.25, 0.3) is 0 Å². The fourth-order valence-electron chi connectivity index (χ4n) is 0.850. The Kier molecular flexibility index (Phi) is 21.2. The van der Waals surface area contributed by atoms with Gasteiger partial charge in [-0.2, -0.15) is 0 Å². The average molecular weight is 190 g/mol. The average Bonchev–Trinajstić information content (AvgIpc) is 2.08. The van der Waals surface area contributed by atoms with E-state index < -0.39 is 0 Å². The number of hydrogen-bond acceptors (Lipinski definition) is 1. The third-order valence-corrected chi connectivity index (χ3v) is 2.07. The van der Waals surface area contributed by atoms with Crippen LogP contribution in [-0.4, -0.2) is 17.1 Å². The topological polar surface area (TPSA) is 9.23 Å². The largest absolute Gasteiger partial charge is 0.428 e. The van der Waals surface area contributed by atoms with Gasteiger partial charge in [-0.3, -0.25) is 0 Å². The Balaban J connectivity index is 0. The summed E-state index contributed by atoms with van der Waals surface area (Å²) in [4.78, 5) is 0. The van der Waals surface area contributed by atoms with Crippen molar-refractivity contribution in [2.45, 2.75) is 59.3 Å². The van der Waals surface area contributed by atoms with E-state index in [4.69, 9.17) is 4.43 Å². The van der Waals surface area contributed by atoms with Crippen molar-refractivity contribution < 1.29 is 4.43 Å². The molecule has 0 aliphatic carbocycles. The SMILES string of the molecule is CCCCC.CCCCCO[SiH3]. The minimum atomic E-state index is 0.906. The van der Waals surface area contributed by atoms with Gasteiger partial charge >= 0.3 is 0 Å². The van der Waals surface area contributed by atoms with Crippen LogP contribution in [0.5, 0.6) is 0 Å². The third kappa shape index (κ3) is 22.5. The van der Waals surface area contributed by atoms with E-state index in [0.29, 0.717) is 0 Å². The molecule has 12 heavy (non-hydrogen) atoms. The highest BCUT2D eigenvalue weighted by atomic mass is 28.2. The van der Waals surface area contributed by atoms with Crippen molar-refractivity contribution in [3.63, 3.8) is 0 Å². The van der Waals surface area contributed by atoms with Crippen LogP contribution in [-0.2, 0) is 4.43 Å². The van der Waals surface area contributed by atoms with Crippen LogP contribution >= 0.6 is 0 Å². The quantitative estimate of drug-likeness (QED) is 0.462. The van der Waals surface area contributed by atoms with E-state index in [-0.39, 0.29) is 0 Å². The molecule has 0 bridgehead atoms. The number of hydrogen-bond donors (Lipinski definition) is 0. The molecule has 0 aliphatic heterocycles. The van der Waals surface area contributed by atoms with Crippen LogP contribution in [0.2, 0.25) is 0 Å². The van der Waals surface area contributed by atoms with Crippen LogP contribution in [0, 0.1) is 0 Å². The van der Waals surface area contributed by atoms with Crippen LogP contribution in [0.15, 0.2) is 0 Å². The molecule has 1 nitrogen and oxygen atoms in total. The molecule has 0 aliphatic rings. The Morgan fingerprint density at radius 2 is 1.33 bits per heavy atom. The number of rotatable bonds is 6. The molecular weight excluding hydrogens is 164 g/mol. The van der Waals surface area contributed by atoms with E-state index in [1.165, 1.54) is 38.5 Å². The lowest BCUT2D eigenvalue weighted by Gasteiger charge is -1.93. The van der Waals surface area contributed by atoms with Crippen LogP contribution in [0.1, 0.15) is 59.3 Å². The lowest BCUT2D eigenvalue weighted by Crippen LogP contribution is -1.87. The molecule has 0 rings (SSSR count). The summed E-state index contributed by atoms with van der Waals surface area (Å²) >= 11 is 0. The highest BCUT2D eigenvalue weighted by Crippen LogP contribution is 1.91. The molecule has 0 saturated carbocycles. The Labute approximate surface area is 81.4 Å². The predicted octanol–water partition coefficient (Wildman–Crippen LogP) is 2.67. The molecule has 0 saturated heterocycles. The first-order chi connectivity index (χ1) is 5.83. The summed E-state index contributed by atoms with van der Waals surface area (Å²) in [5, 5.41) is 0. The van der Waals surface area contributed by atoms with Crippen LogP contribution < -0.4 is 0 Å². The normalized spacial score (nSPS) is 9.25. The van der Waals surface area contributed by atoms with Gasteiger partial charge in [-0.1, -0.05) is 52.9 Å². The summed E-state index contributed by atoms with van der Waals surface area (Å²) in [7, 11) is 0.906.